The molecule has 0 bridgehead atoms. The summed E-state index contributed by atoms with van der Waals surface area (Å²) < 4.78 is 0. The van der Waals surface area contributed by atoms with Crippen molar-refractivity contribution in [2.75, 3.05) is 0 Å². The molecule has 1 aliphatic carbocycles. The molecule has 3 heteroatoms. The third-order valence-electron chi connectivity index (χ3n) is 1.40. The van der Waals surface area contributed by atoms with E-state index < -0.39 is 5.91 Å². The molecular weight excluding hydrogens is 142 g/mol. The minimum absolute atomic E-state index is 0.0301. The fourth-order valence-electron chi connectivity index (χ4n) is 0.841. The van der Waals surface area contributed by atoms with E-state index in [0.717, 1.165) is 0 Å². The van der Waals surface area contributed by atoms with Crippen LogP contribution in [0.15, 0.2) is 35.6 Å². The highest BCUT2D eigenvalue weighted by molar-refractivity contribution is 5.95. The normalized spacial score (nSPS) is 16.7. The van der Waals surface area contributed by atoms with Crippen LogP contribution in [0.4, 0.5) is 0 Å². The van der Waals surface area contributed by atoms with Crippen molar-refractivity contribution < 1.29 is 9.90 Å². The Morgan fingerprint density at radius 2 is 2.27 bits per heavy atom. The highest BCUT2D eigenvalue weighted by Gasteiger charge is 2.07. The van der Waals surface area contributed by atoms with E-state index in [4.69, 9.17) is 5.73 Å². The van der Waals surface area contributed by atoms with Crippen molar-refractivity contribution in [1.29, 1.82) is 0 Å². The van der Waals surface area contributed by atoms with Crippen molar-refractivity contribution in [2.45, 2.75) is 6.42 Å². The minimum Gasteiger partial charge on any atom is -0.511 e. The first-order chi connectivity index (χ1) is 5.22. The Balaban J connectivity index is 2.98. The molecule has 3 nitrogen and oxygen atoms in total. The quantitative estimate of drug-likeness (QED) is 0.582. The molecule has 0 aromatic carbocycles. The van der Waals surface area contributed by atoms with E-state index in [2.05, 4.69) is 0 Å². The van der Waals surface area contributed by atoms with Crippen molar-refractivity contribution in [1.82, 2.24) is 0 Å². The summed E-state index contributed by atoms with van der Waals surface area (Å²) in [4.78, 5) is 10.6. The molecule has 0 spiro atoms. The number of allylic oxidation sites excluding steroid dienone is 3. The van der Waals surface area contributed by atoms with Gasteiger partial charge < -0.3 is 10.8 Å². The van der Waals surface area contributed by atoms with E-state index >= 15 is 0 Å². The smallest absolute Gasteiger partial charge is 0.252 e. The van der Waals surface area contributed by atoms with Gasteiger partial charge in [0.1, 0.15) is 5.76 Å². The van der Waals surface area contributed by atoms with Crippen LogP contribution in [-0.2, 0) is 4.79 Å². The first-order valence-electron chi connectivity index (χ1n) is 3.27. The molecule has 0 saturated carbocycles. The average Bonchev–Trinajstić information content (AvgIpc) is 2.13. The standard InChI is InChI=1S/C8H9NO2/c9-8(11)6-4-2-1-3-5-7(6)10/h1-4,10H,5H2,(H2,9,11). The van der Waals surface area contributed by atoms with Crippen molar-refractivity contribution in [3.8, 4) is 0 Å². The number of aliphatic hydroxyl groups excluding tert-OH is 1. The molecule has 0 aromatic heterocycles. The molecule has 58 valence electrons. The molecule has 0 atom stereocenters. The Kier molecular flexibility index (Phi) is 2.11. The Morgan fingerprint density at radius 1 is 1.55 bits per heavy atom. The Labute approximate surface area is 64.5 Å². The summed E-state index contributed by atoms with van der Waals surface area (Å²) in [7, 11) is 0. The first kappa shape index (κ1) is 7.60. The van der Waals surface area contributed by atoms with Gasteiger partial charge in [0, 0.05) is 6.42 Å². The highest BCUT2D eigenvalue weighted by atomic mass is 16.3. The third kappa shape index (κ3) is 1.70. The van der Waals surface area contributed by atoms with Crippen molar-refractivity contribution in [3.05, 3.63) is 35.6 Å². The number of amides is 1. The molecule has 0 heterocycles. The average molecular weight is 151 g/mol. The fourth-order valence-corrected chi connectivity index (χ4v) is 0.841. The molecule has 3 N–H and O–H groups in total. The summed E-state index contributed by atoms with van der Waals surface area (Å²) in [5, 5.41) is 9.20. The van der Waals surface area contributed by atoms with Gasteiger partial charge in [-0.2, -0.15) is 0 Å². The van der Waals surface area contributed by atoms with Crippen molar-refractivity contribution in [3.63, 3.8) is 0 Å². The Bertz CT molecular complexity index is 261. The van der Waals surface area contributed by atoms with Gasteiger partial charge in [-0.05, 0) is 6.08 Å². The molecule has 1 aliphatic rings. The minimum atomic E-state index is -0.595. The Morgan fingerprint density at radius 3 is 2.91 bits per heavy atom. The molecule has 0 aromatic rings. The molecule has 11 heavy (non-hydrogen) atoms. The van der Waals surface area contributed by atoms with E-state index in [9.17, 15) is 9.90 Å². The molecule has 0 radical (unpaired) electrons. The summed E-state index contributed by atoms with van der Waals surface area (Å²) >= 11 is 0. The van der Waals surface area contributed by atoms with Crippen molar-refractivity contribution in [2.24, 2.45) is 5.73 Å². The van der Waals surface area contributed by atoms with Crippen LogP contribution >= 0.6 is 0 Å². The molecule has 0 unspecified atom stereocenters. The van der Waals surface area contributed by atoms with E-state index in [1.807, 2.05) is 0 Å². The van der Waals surface area contributed by atoms with Gasteiger partial charge in [0.2, 0.25) is 0 Å². The van der Waals surface area contributed by atoms with Gasteiger partial charge in [-0.15, -0.1) is 0 Å². The molecule has 1 amide bonds. The molecule has 0 aliphatic heterocycles. The zero-order valence-corrected chi connectivity index (χ0v) is 5.95. The highest BCUT2D eigenvalue weighted by Crippen LogP contribution is 2.10. The van der Waals surface area contributed by atoms with Crippen LogP contribution in [0.5, 0.6) is 0 Å². The maximum atomic E-state index is 10.6. The molecule has 0 fully saturated rings. The van der Waals surface area contributed by atoms with Crippen LogP contribution in [0.1, 0.15) is 6.42 Å². The third-order valence-corrected chi connectivity index (χ3v) is 1.40. The van der Waals surface area contributed by atoms with Gasteiger partial charge in [-0.1, -0.05) is 18.2 Å². The van der Waals surface area contributed by atoms with Gasteiger partial charge in [-0.3, -0.25) is 4.79 Å². The number of rotatable bonds is 1. The van der Waals surface area contributed by atoms with E-state index in [1.54, 1.807) is 18.2 Å². The summed E-state index contributed by atoms with van der Waals surface area (Å²) in [6.45, 7) is 0. The number of aliphatic hydroxyl groups is 1. The van der Waals surface area contributed by atoms with Gasteiger partial charge in [0.05, 0.1) is 5.57 Å². The summed E-state index contributed by atoms with van der Waals surface area (Å²) in [6.07, 6.45) is 7.05. The molecule has 1 rings (SSSR count). The zero-order valence-electron chi connectivity index (χ0n) is 5.95. The number of carbonyl (C=O) groups excluding carboxylic acids is 1. The zero-order chi connectivity index (χ0) is 8.27. The lowest BCUT2D eigenvalue weighted by Crippen LogP contribution is -2.14. The monoisotopic (exact) mass is 151 g/mol. The van der Waals surface area contributed by atoms with Crippen LogP contribution in [0, 0.1) is 0 Å². The lowest BCUT2D eigenvalue weighted by molar-refractivity contribution is -0.114. The van der Waals surface area contributed by atoms with Crippen LogP contribution in [0.3, 0.4) is 0 Å². The summed E-state index contributed by atoms with van der Waals surface area (Å²) in [5.74, 6) is -0.565. The van der Waals surface area contributed by atoms with Crippen molar-refractivity contribution >= 4 is 5.91 Å². The maximum Gasteiger partial charge on any atom is 0.252 e. The second kappa shape index (κ2) is 3.05. The summed E-state index contributed by atoms with van der Waals surface area (Å²) in [5.41, 5.74) is 5.18. The topological polar surface area (TPSA) is 63.3 Å². The largest absolute Gasteiger partial charge is 0.511 e. The van der Waals surface area contributed by atoms with E-state index in [0.29, 0.717) is 6.42 Å². The van der Waals surface area contributed by atoms with Crippen LogP contribution in [0.25, 0.3) is 0 Å². The van der Waals surface area contributed by atoms with E-state index in [-0.39, 0.29) is 11.3 Å². The number of primary amides is 1. The summed E-state index contributed by atoms with van der Waals surface area (Å²) in [6, 6.07) is 0. The SMILES string of the molecule is NC(=O)C1=C(O)CC=CC=C1. The number of hydrogen-bond acceptors (Lipinski definition) is 2. The number of nitrogens with two attached hydrogens (primary N) is 1. The molecular formula is C8H9NO2. The fraction of sp³-hybridized carbons (Fsp3) is 0.125. The maximum absolute atomic E-state index is 10.6. The lowest BCUT2D eigenvalue weighted by Gasteiger charge is -1.97. The first-order valence-corrected chi connectivity index (χ1v) is 3.27. The Hall–Kier alpha value is -1.51. The second-order valence-corrected chi connectivity index (χ2v) is 2.22. The number of carbonyl (C=O) groups is 1. The number of hydrogen-bond donors (Lipinski definition) is 2. The predicted octanol–water partition coefficient (Wildman–Crippen LogP) is 0.800. The van der Waals surface area contributed by atoms with Gasteiger partial charge in [0.15, 0.2) is 0 Å². The van der Waals surface area contributed by atoms with Gasteiger partial charge in [-0.25, -0.2) is 0 Å². The van der Waals surface area contributed by atoms with Crippen LogP contribution in [-0.4, -0.2) is 11.0 Å². The van der Waals surface area contributed by atoms with Gasteiger partial charge in [0.25, 0.3) is 5.91 Å². The van der Waals surface area contributed by atoms with Crippen LogP contribution in [0.2, 0.25) is 0 Å². The van der Waals surface area contributed by atoms with Crippen LogP contribution < -0.4 is 5.73 Å². The second-order valence-electron chi connectivity index (χ2n) is 2.22. The predicted molar refractivity (Wildman–Crippen MR) is 41.7 cm³/mol. The van der Waals surface area contributed by atoms with E-state index in [1.165, 1.54) is 6.08 Å². The molecule has 0 saturated heterocycles. The lowest BCUT2D eigenvalue weighted by atomic mass is 10.2. The van der Waals surface area contributed by atoms with Gasteiger partial charge >= 0.3 is 0 Å².